The van der Waals surface area contributed by atoms with Gasteiger partial charge in [-0.25, -0.2) is 4.79 Å². The number of hydrogen-bond donors (Lipinski definition) is 1. The first-order valence-electron chi connectivity index (χ1n) is 7.87. The van der Waals surface area contributed by atoms with Crippen molar-refractivity contribution in [2.24, 2.45) is 0 Å². The molecule has 0 radical (unpaired) electrons. The van der Waals surface area contributed by atoms with Crippen LogP contribution in [-0.4, -0.2) is 56.0 Å². The lowest BCUT2D eigenvalue weighted by Gasteiger charge is -2.06. The highest BCUT2D eigenvalue weighted by Crippen LogP contribution is 2.22. The summed E-state index contributed by atoms with van der Waals surface area (Å²) in [5, 5.41) is 8.69. The summed E-state index contributed by atoms with van der Waals surface area (Å²) in [6.07, 6.45) is 5.07. The van der Waals surface area contributed by atoms with E-state index in [1.807, 2.05) is 6.08 Å². The molecular formula is C16H26O6. The molecule has 1 aliphatic rings. The fourth-order valence-electron chi connectivity index (χ4n) is 2.20. The molecule has 0 amide bonds. The quantitative estimate of drug-likeness (QED) is 0.433. The van der Waals surface area contributed by atoms with E-state index in [9.17, 15) is 9.59 Å². The minimum Gasteiger partial charge on any atom is -0.464 e. The molecule has 1 aliphatic carbocycles. The number of unbranched alkanes of at least 4 members (excludes halogenated alkanes) is 1. The lowest BCUT2D eigenvalue weighted by Crippen LogP contribution is -2.12. The van der Waals surface area contributed by atoms with E-state index in [1.165, 1.54) is 0 Å². The van der Waals surface area contributed by atoms with Crippen molar-refractivity contribution in [3.8, 4) is 0 Å². The number of aliphatic hydroxyl groups excluding tert-OH is 1. The van der Waals surface area contributed by atoms with E-state index in [0.29, 0.717) is 39.1 Å². The summed E-state index contributed by atoms with van der Waals surface area (Å²) >= 11 is 0. The van der Waals surface area contributed by atoms with Crippen LogP contribution in [0.4, 0.5) is 0 Å². The predicted molar refractivity (Wildman–Crippen MR) is 80.5 cm³/mol. The molecule has 0 spiro atoms. The number of rotatable bonds is 12. The number of ether oxygens (including phenoxy) is 3. The van der Waals surface area contributed by atoms with E-state index in [1.54, 1.807) is 6.92 Å². The molecule has 1 rings (SSSR count). The van der Waals surface area contributed by atoms with Crippen molar-refractivity contribution in [1.29, 1.82) is 0 Å². The van der Waals surface area contributed by atoms with Crippen LogP contribution in [0.15, 0.2) is 11.6 Å². The maximum atomic E-state index is 11.8. The van der Waals surface area contributed by atoms with Gasteiger partial charge in [-0.2, -0.15) is 0 Å². The Morgan fingerprint density at radius 2 is 2.14 bits per heavy atom. The molecule has 6 heteroatoms. The number of ketones is 1. The van der Waals surface area contributed by atoms with Crippen molar-refractivity contribution in [1.82, 2.24) is 0 Å². The van der Waals surface area contributed by atoms with Gasteiger partial charge in [-0.05, 0) is 44.3 Å². The van der Waals surface area contributed by atoms with Crippen LogP contribution in [0.5, 0.6) is 0 Å². The maximum absolute atomic E-state index is 11.8. The first-order valence-corrected chi connectivity index (χ1v) is 7.87. The first kappa shape index (κ1) is 18.8. The molecule has 1 atom stereocenters. The fraction of sp³-hybridized carbons (Fsp3) is 0.750. The van der Waals surface area contributed by atoms with E-state index >= 15 is 0 Å². The van der Waals surface area contributed by atoms with Crippen LogP contribution in [0.1, 0.15) is 39.0 Å². The second-order valence-electron chi connectivity index (χ2n) is 5.12. The summed E-state index contributed by atoms with van der Waals surface area (Å²) < 4.78 is 15.5. The van der Waals surface area contributed by atoms with Crippen molar-refractivity contribution >= 4 is 11.8 Å². The van der Waals surface area contributed by atoms with Crippen molar-refractivity contribution in [3.63, 3.8) is 0 Å². The average Bonchev–Trinajstić information content (AvgIpc) is 2.83. The highest BCUT2D eigenvalue weighted by Gasteiger charge is 2.23. The first-order chi connectivity index (χ1) is 10.7. The molecule has 1 unspecified atom stereocenters. The second kappa shape index (κ2) is 11.3. The molecule has 0 saturated heterocycles. The Kier molecular flexibility index (Phi) is 9.70. The third-order valence-electron chi connectivity index (χ3n) is 3.28. The van der Waals surface area contributed by atoms with Crippen LogP contribution in [0, 0.1) is 0 Å². The molecule has 6 nitrogen and oxygen atoms in total. The average molecular weight is 314 g/mol. The zero-order valence-electron chi connectivity index (χ0n) is 13.2. The highest BCUT2D eigenvalue weighted by molar-refractivity contribution is 5.98. The number of carbonyl (C=O) groups excluding carboxylic acids is 2. The minimum absolute atomic E-state index is 0.0176. The third kappa shape index (κ3) is 7.68. The van der Waals surface area contributed by atoms with Gasteiger partial charge >= 0.3 is 5.97 Å². The zero-order chi connectivity index (χ0) is 16.2. The van der Waals surface area contributed by atoms with Crippen molar-refractivity contribution < 1.29 is 28.9 Å². The van der Waals surface area contributed by atoms with Crippen LogP contribution >= 0.6 is 0 Å². The molecule has 0 aliphatic heterocycles. The van der Waals surface area contributed by atoms with Gasteiger partial charge in [0.25, 0.3) is 0 Å². The number of aliphatic hydroxyl groups is 1. The van der Waals surface area contributed by atoms with Gasteiger partial charge in [0.2, 0.25) is 0 Å². The SMILES string of the molecule is CCOC(=O)COCCCCC1=CC(OCCCO)CC1=O. The summed E-state index contributed by atoms with van der Waals surface area (Å²) in [5.74, 6) is -0.208. The molecule has 0 fully saturated rings. The van der Waals surface area contributed by atoms with Crippen LogP contribution in [0.3, 0.4) is 0 Å². The topological polar surface area (TPSA) is 82.1 Å². The van der Waals surface area contributed by atoms with Crippen molar-refractivity contribution in [2.45, 2.75) is 45.1 Å². The Hall–Kier alpha value is -1.24. The van der Waals surface area contributed by atoms with Crippen LogP contribution in [-0.2, 0) is 23.8 Å². The van der Waals surface area contributed by atoms with Gasteiger partial charge in [-0.3, -0.25) is 4.79 Å². The van der Waals surface area contributed by atoms with E-state index in [2.05, 4.69) is 0 Å². The number of esters is 1. The summed E-state index contributed by atoms with van der Waals surface area (Å²) in [4.78, 5) is 22.8. The molecule has 1 N–H and O–H groups in total. The Morgan fingerprint density at radius 1 is 1.32 bits per heavy atom. The van der Waals surface area contributed by atoms with Crippen LogP contribution < -0.4 is 0 Å². The largest absolute Gasteiger partial charge is 0.464 e. The molecule has 0 aromatic heterocycles. The summed E-state index contributed by atoms with van der Waals surface area (Å²) in [7, 11) is 0. The van der Waals surface area contributed by atoms with Crippen LogP contribution in [0.2, 0.25) is 0 Å². The van der Waals surface area contributed by atoms with Gasteiger partial charge in [-0.1, -0.05) is 0 Å². The predicted octanol–water partition coefficient (Wildman–Crippen LogP) is 1.40. The lowest BCUT2D eigenvalue weighted by molar-refractivity contribution is -0.148. The third-order valence-corrected chi connectivity index (χ3v) is 3.28. The van der Waals surface area contributed by atoms with Gasteiger partial charge in [0.1, 0.15) is 6.61 Å². The normalized spacial score (nSPS) is 17.6. The Bertz CT molecular complexity index is 377. The van der Waals surface area contributed by atoms with Gasteiger partial charge in [-0.15, -0.1) is 0 Å². The number of allylic oxidation sites excluding steroid dienone is 1. The highest BCUT2D eigenvalue weighted by atomic mass is 16.6. The Morgan fingerprint density at radius 3 is 2.86 bits per heavy atom. The second-order valence-corrected chi connectivity index (χ2v) is 5.12. The number of carbonyl (C=O) groups is 2. The van der Waals surface area contributed by atoms with E-state index in [0.717, 1.165) is 18.4 Å². The van der Waals surface area contributed by atoms with Gasteiger partial charge < -0.3 is 19.3 Å². The standard InChI is InChI=1S/C16H26O6/c1-2-21-16(19)12-20-8-4-3-6-13-10-14(11-15(13)18)22-9-5-7-17/h10,14,17H,2-9,11-12H2,1H3. The number of hydrogen-bond acceptors (Lipinski definition) is 6. The van der Waals surface area contributed by atoms with E-state index in [-0.39, 0.29) is 31.1 Å². The molecular weight excluding hydrogens is 288 g/mol. The monoisotopic (exact) mass is 314 g/mol. The van der Waals surface area contributed by atoms with Gasteiger partial charge in [0, 0.05) is 26.2 Å². The zero-order valence-corrected chi connectivity index (χ0v) is 13.2. The molecule has 0 bridgehead atoms. The van der Waals surface area contributed by atoms with E-state index < -0.39 is 0 Å². The van der Waals surface area contributed by atoms with Crippen LogP contribution in [0.25, 0.3) is 0 Å². The Balaban J connectivity index is 2.09. The van der Waals surface area contributed by atoms with Crippen molar-refractivity contribution in [2.75, 3.05) is 33.0 Å². The lowest BCUT2D eigenvalue weighted by atomic mass is 10.1. The fourth-order valence-corrected chi connectivity index (χ4v) is 2.20. The molecule has 0 aromatic rings. The summed E-state index contributed by atoms with van der Waals surface area (Å²) in [6, 6.07) is 0. The number of Topliss-reactive ketones (excluding diaryl/α,β-unsaturated/α-hetero) is 1. The van der Waals surface area contributed by atoms with Crippen molar-refractivity contribution in [3.05, 3.63) is 11.6 Å². The molecule has 126 valence electrons. The minimum atomic E-state index is -0.348. The molecule has 22 heavy (non-hydrogen) atoms. The van der Waals surface area contributed by atoms with Gasteiger partial charge in [0.05, 0.1) is 12.7 Å². The maximum Gasteiger partial charge on any atom is 0.332 e. The van der Waals surface area contributed by atoms with E-state index in [4.69, 9.17) is 19.3 Å². The molecule has 0 saturated carbocycles. The van der Waals surface area contributed by atoms with Gasteiger partial charge in [0.15, 0.2) is 5.78 Å². The Labute approximate surface area is 131 Å². The summed E-state index contributed by atoms with van der Waals surface area (Å²) in [6.45, 7) is 3.15. The molecule has 0 heterocycles. The molecule has 0 aromatic carbocycles. The smallest absolute Gasteiger partial charge is 0.332 e. The summed E-state index contributed by atoms with van der Waals surface area (Å²) in [5.41, 5.74) is 0.819.